The maximum Gasteiger partial charge on any atom is 0.494 e. The Labute approximate surface area is 127 Å². The van der Waals surface area contributed by atoms with Gasteiger partial charge in [0.1, 0.15) is 0 Å². The Kier molecular flexibility index (Phi) is 3.78. The normalized spacial score (nSPS) is 21.3. The summed E-state index contributed by atoms with van der Waals surface area (Å²) in [6.45, 7) is 14.7. The summed E-state index contributed by atoms with van der Waals surface area (Å²) in [5.74, 6) is 0. The Morgan fingerprint density at radius 3 is 1.95 bits per heavy atom. The first-order valence-corrected chi connectivity index (χ1v) is 7.47. The van der Waals surface area contributed by atoms with Gasteiger partial charge in [0.2, 0.25) is 0 Å². The minimum absolute atomic E-state index is 0.00324. The molecular weight excluding hydrogens is 270 g/mol. The Hall–Kier alpha value is -0.505. The van der Waals surface area contributed by atoms with Gasteiger partial charge >= 0.3 is 7.12 Å². The summed E-state index contributed by atoms with van der Waals surface area (Å²) >= 11 is 6.32. The molecule has 1 aromatic carbocycles. The Morgan fingerprint density at radius 2 is 1.50 bits per heavy atom. The molecular formula is C16H24BClO2. The second-order valence-electron chi connectivity index (χ2n) is 7.58. The van der Waals surface area contributed by atoms with Crippen molar-refractivity contribution in [1.29, 1.82) is 0 Å². The predicted octanol–water partition coefficient (Wildman–Crippen LogP) is 3.94. The summed E-state index contributed by atoms with van der Waals surface area (Å²) in [6.07, 6.45) is 0. The van der Waals surface area contributed by atoms with E-state index in [9.17, 15) is 0 Å². The number of halogens is 1. The Bertz CT molecular complexity index is 502. The van der Waals surface area contributed by atoms with Gasteiger partial charge in [0, 0.05) is 5.02 Å². The van der Waals surface area contributed by atoms with Gasteiger partial charge < -0.3 is 9.31 Å². The molecule has 0 radical (unpaired) electrons. The summed E-state index contributed by atoms with van der Waals surface area (Å²) in [6, 6.07) is 6.02. The topological polar surface area (TPSA) is 18.5 Å². The zero-order valence-corrected chi connectivity index (χ0v) is 14.3. The lowest BCUT2D eigenvalue weighted by molar-refractivity contribution is 0.00578. The van der Waals surface area contributed by atoms with E-state index in [0.717, 1.165) is 16.0 Å². The van der Waals surface area contributed by atoms with Crippen LogP contribution in [0.4, 0.5) is 0 Å². The molecule has 0 spiro atoms. The predicted molar refractivity (Wildman–Crippen MR) is 85.9 cm³/mol. The quantitative estimate of drug-likeness (QED) is 0.731. The maximum atomic E-state index is 6.32. The van der Waals surface area contributed by atoms with Crippen LogP contribution in [0.15, 0.2) is 18.2 Å². The van der Waals surface area contributed by atoms with Crippen molar-refractivity contribution in [2.45, 2.75) is 65.1 Å². The second-order valence-corrected chi connectivity index (χ2v) is 7.98. The summed E-state index contributed by atoms with van der Waals surface area (Å²) < 4.78 is 12.2. The molecule has 0 amide bonds. The fraction of sp³-hybridized carbons (Fsp3) is 0.625. The monoisotopic (exact) mass is 294 g/mol. The van der Waals surface area contributed by atoms with Gasteiger partial charge in [0.15, 0.2) is 0 Å². The molecule has 1 heterocycles. The van der Waals surface area contributed by atoms with Crippen LogP contribution in [0.3, 0.4) is 0 Å². The molecule has 0 aromatic heterocycles. The second kappa shape index (κ2) is 4.76. The van der Waals surface area contributed by atoms with Crippen LogP contribution in [0.2, 0.25) is 5.02 Å². The van der Waals surface area contributed by atoms with E-state index in [1.54, 1.807) is 0 Å². The van der Waals surface area contributed by atoms with E-state index in [1.807, 2.05) is 12.1 Å². The molecule has 1 saturated heterocycles. The van der Waals surface area contributed by atoms with Gasteiger partial charge in [-0.2, -0.15) is 0 Å². The number of benzene rings is 1. The SMILES string of the molecule is CC(C)(C)c1cc(B2OC(C)(C)C(C)(C)O2)ccc1Cl. The number of hydrogen-bond acceptors (Lipinski definition) is 2. The minimum atomic E-state index is -0.335. The van der Waals surface area contributed by atoms with Crippen molar-refractivity contribution in [3.8, 4) is 0 Å². The van der Waals surface area contributed by atoms with Gasteiger partial charge in [-0.1, -0.05) is 44.5 Å². The Morgan fingerprint density at radius 1 is 1.00 bits per heavy atom. The van der Waals surface area contributed by atoms with Crippen LogP contribution >= 0.6 is 11.6 Å². The molecule has 2 rings (SSSR count). The first-order chi connectivity index (χ1) is 8.94. The van der Waals surface area contributed by atoms with Crippen molar-refractivity contribution in [2.75, 3.05) is 0 Å². The third-order valence-corrected chi connectivity index (χ3v) is 4.65. The third kappa shape index (κ3) is 2.76. The average molecular weight is 295 g/mol. The third-order valence-electron chi connectivity index (χ3n) is 4.32. The molecule has 0 bridgehead atoms. The van der Waals surface area contributed by atoms with Crippen LogP contribution in [-0.2, 0) is 14.7 Å². The first kappa shape index (κ1) is 15.9. The fourth-order valence-corrected chi connectivity index (χ4v) is 2.64. The van der Waals surface area contributed by atoms with Crippen LogP contribution in [-0.4, -0.2) is 18.3 Å². The van der Waals surface area contributed by atoms with Crippen molar-refractivity contribution in [3.63, 3.8) is 0 Å². The van der Waals surface area contributed by atoms with E-state index in [1.165, 1.54) is 0 Å². The molecule has 1 aromatic rings. The lowest BCUT2D eigenvalue weighted by Gasteiger charge is -2.32. The summed E-state index contributed by atoms with van der Waals surface area (Å²) in [5.41, 5.74) is 1.50. The van der Waals surface area contributed by atoms with Crippen LogP contribution in [0.5, 0.6) is 0 Å². The number of hydrogen-bond donors (Lipinski definition) is 0. The van der Waals surface area contributed by atoms with Crippen LogP contribution in [0.25, 0.3) is 0 Å². The van der Waals surface area contributed by atoms with Gasteiger partial charge in [0.25, 0.3) is 0 Å². The fourth-order valence-electron chi connectivity index (χ4n) is 2.24. The zero-order valence-electron chi connectivity index (χ0n) is 13.5. The van der Waals surface area contributed by atoms with Crippen LogP contribution in [0.1, 0.15) is 54.0 Å². The van der Waals surface area contributed by atoms with Crippen molar-refractivity contribution in [2.24, 2.45) is 0 Å². The molecule has 0 unspecified atom stereocenters. The van der Waals surface area contributed by atoms with Gasteiger partial charge in [-0.25, -0.2) is 0 Å². The molecule has 1 aliphatic heterocycles. The summed E-state index contributed by atoms with van der Waals surface area (Å²) in [5, 5.41) is 0.790. The highest BCUT2D eigenvalue weighted by Crippen LogP contribution is 2.37. The van der Waals surface area contributed by atoms with E-state index in [-0.39, 0.29) is 23.7 Å². The van der Waals surface area contributed by atoms with Gasteiger partial charge in [-0.05, 0) is 50.2 Å². The summed E-state index contributed by atoms with van der Waals surface area (Å²) in [7, 11) is -0.335. The first-order valence-electron chi connectivity index (χ1n) is 7.10. The average Bonchev–Trinajstić information content (AvgIpc) is 2.47. The van der Waals surface area contributed by atoms with E-state index in [4.69, 9.17) is 20.9 Å². The maximum absolute atomic E-state index is 6.32. The van der Waals surface area contributed by atoms with Gasteiger partial charge in [0.05, 0.1) is 11.2 Å². The molecule has 2 nitrogen and oxygen atoms in total. The molecule has 1 fully saturated rings. The molecule has 0 atom stereocenters. The highest BCUT2D eigenvalue weighted by atomic mass is 35.5. The van der Waals surface area contributed by atoms with Crippen LogP contribution in [0, 0.1) is 0 Å². The van der Waals surface area contributed by atoms with E-state index < -0.39 is 0 Å². The van der Waals surface area contributed by atoms with Crippen molar-refractivity contribution >= 4 is 24.2 Å². The van der Waals surface area contributed by atoms with E-state index >= 15 is 0 Å². The zero-order chi connectivity index (χ0) is 15.3. The van der Waals surface area contributed by atoms with E-state index in [2.05, 4.69) is 54.5 Å². The lowest BCUT2D eigenvalue weighted by atomic mass is 9.75. The summed E-state index contributed by atoms with van der Waals surface area (Å²) in [4.78, 5) is 0. The van der Waals surface area contributed by atoms with Crippen molar-refractivity contribution in [3.05, 3.63) is 28.8 Å². The lowest BCUT2D eigenvalue weighted by Crippen LogP contribution is -2.41. The molecule has 0 aliphatic carbocycles. The highest BCUT2D eigenvalue weighted by Gasteiger charge is 2.51. The number of rotatable bonds is 1. The smallest absolute Gasteiger partial charge is 0.399 e. The molecule has 4 heteroatoms. The molecule has 110 valence electrons. The molecule has 20 heavy (non-hydrogen) atoms. The highest BCUT2D eigenvalue weighted by molar-refractivity contribution is 6.62. The van der Waals surface area contributed by atoms with E-state index in [0.29, 0.717) is 0 Å². The Balaban J connectivity index is 2.37. The van der Waals surface area contributed by atoms with Crippen molar-refractivity contribution in [1.82, 2.24) is 0 Å². The largest absolute Gasteiger partial charge is 0.494 e. The standard InChI is InChI=1S/C16H24BClO2/c1-14(2,3)12-10-11(8-9-13(12)18)17-19-15(4,5)16(6,7)20-17/h8-10H,1-7H3. The van der Waals surface area contributed by atoms with Gasteiger partial charge in [-0.3, -0.25) is 0 Å². The van der Waals surface area contributed by atoms with Gasteiger partial charge in [-0.15, -0.1) is 0 Å². The minimum Gasteiger partial charge on any atom is -0.399 e. The van der Waals surface area contributed by atoms with Crippen LogP contribution < -0.4 is 5.46 Å². The molecule has 1 aliphatic rings. The molecule has 0 N–H and O–H groups in total. The van der Waals surface area contributed by atoms with Crippen molar-refractivity contribution < 1.29 is 9.31 Å². The molecule has 0 saturated carbocycles.